The van der Waals surface area contributed by atoms with Gasteiger partial charge in [-0.25, -0.2) is 0 Å². The molecule has 1 aromatic heterocycles. The molecular formula is C22H25N3O3. The van der Waals surface area contributed by atoms with E-state index in [-0.39, 0.29) is 23.3 Å². The molecule has 0 unspecified atom stereocenters. The van der Waals surface area contributed by atoms with Crippen molar-refractivity contribution < 1.29 is 14.3 Å². The number of para-hydroxylation sites is 1. The summed E-state index contributed by atoms with van der Waals surface area (Å²) in [7, 11) is 1.67. The van der Waals surface area contributed by atoms with E-state index in [1.165, 1.54) is 0 Å². The van der Waals surface area contributed by atoms with Crippen molar-refractivity contribution in [1.82, 2.24) is 15.2 Å². The molecular weight excluding hydrogens is 354 g/mol. The average Bonchev–Trinajstić information content (AvgIpc) is 2.74. The second-order valence-electron chi connectivity index (χ2n) is 7.64. The quantitative estimate of drug-likeness (QED) is 0.890. The molecule has 2 aliphatic heterocycles. The molecule has 6 heteroatoms. The van der Waals surface area contributed by atoms with E-state index in [2.05, 4.69) is 16.4 Å². The van der Waals surface area contributed by atoms with Crippen LogP contribution in [0.15, 0.2) is 48.8 Å². The molecule has 0 bridgehead atoms. The first-order chi connectivity index (χ1) is 13.6. The van der Waals surface area contributed by atoms with Crippen molar-refractivity contribution in [2.24, 2.45) is 0 Å². The molecule has 4 rings (SSSR count). The third-order valence-electron chi connectivity index (χ3n) is 5.88. The van der Waals surface area contributed by atoms with Gasteiger partial charge in [-0.15, -0.1) is 0 Å². The van der Waals surface area contributed by atoms with Crippen molar-refractivity contribution in [2.45, 2.75) is 37.2 Å². The molecule has 6 nitrogen and oxygen atoms in total. The lowest BCUT2D eigenvalue weighted by Crippen LogP contribution is -2.52. The van der Waals surface area contributed by atoms with Gasteiger partial charge in [-0.3, -0.25) is 14.6 Å². The SMILES string of the molecule is CNC(=O)C[C@H]1CC2(CCN(C(=O)c3cccnc3)CC2)Oc2ccccc21. The summed E-state index contributed by atoms with van der Waals surface area (Å²) in [6.45, 7) is 1.28. The number of carbonyl (C=O) groups excluding carboxylic acids is 2. The highest BCUT2D eigenvalue weighted by Crippen LogP contribution is 2.46. The highest BCUT2D eigenvalue weighted by Gasteiger charge is 2.44. The van der Waals surface area contributed by atoms with Crippen LogP contribution in [0.5, 0.6) is 5.75 Å². The lowest BCUT2D eigenvalue weighted by molar-refractivity contribution is -0.121. The number of ether oxygens (including phenoxy) is 1. The molecule has 2 aliphatic rings. The Kier molecular flexibility index (Phi) is 5.03. The maximum atomic E-state index is 12.7. The van der Waals surface area contributed by atoms with Gasteiger partial charge in [0, 0.05) is 57.7 Å². The van der Waals surface area contributed by atoms with Gasteiger partial charge in [-0.05, 0) is 30.2 Å². The number of hydrogen-bond acceptors (Lipinski definition) is 4. The van der Waals surface area contributed by atoms with Crippen LogP contribution in [-0.4, -0.2) is 47.4 Å². The van der Waals surface area contributed by atoms with Gasteiger partial charge in [0.05, 0.1) is 5.56 Å². The first-order valence-corrected chi connectivity index (χ1v) is 9.78. The summed E-state index contributed by atoms with van der Waals surface area (Å²) >= 11 is 0. The molecule has 0 saturated carbocycles. The molecule has 1 N–H and O–H groups in total. The number of amides is 2. The van der Waals surface area contributed by atoms with Crippen LogP contribution >= 0.6 is 0 Å². The van der Waals surface area contributed by atoms with Crippen molar-refractivity contribution in [2.75, 3.05) is 20.1 Å². The number of pyridine rings is 1. The number of benzene rings is 1. The monoisotopic (exact) mass is 379 g/mol. The van der Waals surface area contributed by atoms with Crippen molar-refractivity contribution in [3.05, 3.63) is 59.9 Å². The fourth-order valence-corrected chi connectivity index (χ4v) is 4.35. The van der Waals surface area contributed by atoms with Gasteiger partial charge in [0.1, 0.15) is 11.4 Å². The van der Waals surface area contributed by atoms with Gasteiger partial charge in [0.15, 0.2) is 0 Å². The molecule has 0 radical (unpaired) electrons. The van der Waals surface area contributed by atoms with E-state index in [0.29, 0.717) is 25.1 Å². The Hall–Kier alpha value is -2.89. The molecule has 1 spiro atoms. The highest BCUT2D eigenvalue weighted by molar-refractivity contribution is 5.93. The van der Waals surface area contributed by atoms with Crippen molar-refractivity contribution >= 4 is 11.8 Å². The molecule has 1 aromatic carbocycles. The largest absolute Gasteiger partial charge is 0.487 e. The summed E-state index contributed by atoms with van der Waals surface area (Å²) in [5, 5.41) is 2.74. The first kappa shape index (κ1) is 18.5. The van der Waals surface area contributed by atoms with Crippen LogP contribution in [0.4, 0.5) is 0 Å². The number of nitrogens with zero attached hydrogens (tertiary/aromatic N) is 2. The zero-order valence-corrected chi connectivity index (χ0v) is 16.1. The minimum atomic E-state index is -0.321. The van der Waals surface area contributed by atoms with Crippen molar-refractivity contribution in [3.8, 4) is 5.75 Å². The van der Waals surface area contributed by atoms with Gasteiger partial charge in [0.25, 0.3) is 5.91 Å². The summed E-state index contributed by atoms with van der Waals surface area (Å²) < 4.78 is 6.46. The third kappa shape index (κ3) is 3.59. The minimum absolute atomic E-state index is 0.0149. The highest BCUT2D eigenvalue weighted by atomic mass is 16.5. The standard InChI is InChI=1S/C22H25N3O3/c1-23-20(26)13-17-14-22(28-19-7-3-2-6-18(17)19)8-11-25(12-9-22)21(27)16-5-4-10-24-15-16/h2-7,10,15,17H,8-9,11-14H2,1H3,(H,23,26)/t17-/m0/s1. The van der Waals surface area contributed by atoms with E-state index in [9.17, 15) is 9.59 Å². The number of hydrogen-bond donors (Lipinski definition) is 1. The van der Waals surface area contributed by atoms with Crippen molar-refractivity contribution in [1.29, 1.82) is 0 Å². The molecule has 0 aliphatic carbocycles. The Morgan fingerprint density at radius 2 is 2.00 bits per heavy atom. The number of rotatable bonds is 3. The van der Waals surface area contributed by atoms with E-state index in [1.807, 2.05) is 23.1 Å². The Bertz CT molecular complexity index is 860. The third-order valence-corrected chi connectivity index (χ3v) is 5.88. The second kappa shape index (κ2) is 7.62. The van der Waals surface area contributed by atoms with E-state index in [1.54, 1.807) is 31.6 Å². The maximum absolute atomic E-state index is 12.7. The second-order valence-corrected chi connectivity index (χ2v) is 7.64. The summed E-state index contributed by atoms with van der Waals surface area (Å²) in [4.78, 5) is 30.7. The molecule has 1 saturated heterocycles. The van der Waals surface area contributed by atoms with Crippen LogP contribution in [0.25, 0.3) is 0 Å². The molecule has 1 atom stereocenters. The van der Waals surface area contributed by atoms with E-state index in [4.69, 9.17) is 4.74 Å². The molecule has 3 heterocycles. The van der Waals surface area contributed by atoms with Crippen LogP contribution in [0.2, 0.25) is 0 Å². The maximum Gasteiger partial charge on any atom is 0.255 e. The number of likely N-dealkylation sites (tertiary alicyclic amines) is 1. The predicted molar refractivity (Wildman–Crippen MR) is 105 cm³/mol. The van der Waals surface area contributed by atoms with Gasteiger partial charge in [0.2, 0.25) is 5.91 Å². The zero-order chi connectivity index (χ0) is 19.6. The first-order valence-electron chi connectivity index (χ1n) is 9.78. The van der Waals surface area contributed by atoms with E-state index < -0.39 is 0 Å². The summed E-state index contributed by atoms with van der Waals surface area (Å²) in [5.74, 6) is 1.06. The van der Waals surface area contributed by atoms with Gasteiger partial charge in [-0.2, -0.15) is 0 Å². The van der Waals surface area contributed by atoms with Crippen LogP contribution in [-0.2, 0) is 4.79 Å². The Morgan fingerprint density at radius 3 is 2.71 bits per heavy atom. The number of aromatic nitrogens is 1. The summed E-state index contributed by atoms with van der Waals surface area (Å²) in [6, 6.07) is 11.6. The molecule has 2 aromatic rings. The summed E-state index contributed by atoms with van der Waals surface area (Å²) in [5.41, 5.74) is 1.40. The molecule has 2 amide bonds. The summed E-state index contributed by atoms with van der Waals surface area (Å²) in [6.07, 6.45) is 6.06. The van der Waals surface area contributed by atoms with Gasteiger partial charge < -0.3 is 15.0 Å². The minimum Gasteiger partial charge on any atom is -0.487 e. The van der Waals surface area contributed by atoms with Crippen molar-refractivity contribution in [3.63, 3.8) is 0 Å². The number of carbonyl (C=O) groups is 2. The van der Waals surface area contributed by atoms with Crippen LogP contribution in [0.1, 0.15) is 47.5 Å². The zero-order valence-electron chi connectivity index (χ0n) is 16.1. The Balaban J connectivity index is 1.50. The number of piperidine rings is 1. The Morgan fingerprint density at radius 1 is 1.21 bits per heavy atom. The van der Waals surface area contributed by atoms with E-state index >= 15 is 0 Å². The fraction of sp³-hybridized carbons (Fsp3) is 0.409. The van der Waals surface area contributed by atoms with Gasteiger partial charge in [-0.1, -0.05) is 18.2 Å². The lowest BCUT2D eigenvalue weighted by atomic mass is 9.76. The van der Waals surface area contributed by atoms with Crippen LogP contribution in [0, 0.1) is 0 Å². The van der Waals surface area contributed by atoms with Gasteiger partial charge >= 0.3 is 0 Å². The Labute approximate surface area is 164 Å². The number of nitrogens with one attached hydrogen (secondary N) is 1. The van der Waals surface area contributed by atoms with Crippen LogP contribution in [0.3, 0.4) is 0 Å². The predicted octanol–water partition coefficient (Wildman–Crippen LogP) is 2.76. The molecule has 28 heavy (non-hydrogen) atoms. The average molecular weight is 379 g/mol. The smallest absolute Gasteiger partial charge is 0.255 e. The fourth-order valence-electron chi connectivity index (χ4n) is 4.35. The topological polar surface area (TPSA) is 71.5 Å². The van der Waals surface area contributed by atoms with E-state index in [0.717, 1.165) is 30.6 Å². The number of fused-ring (bicyclic) bond motifs is 1. The molecule has 146 valence electrons. The van der Waals surface area contributed by atoms with Crippen LogP contribution < -0.4 is 10.1 Å². The lowest BCUT2D eigenvalue weighted by Gasteiger charge is -2.47. The normalized spacial score (nSPS) is 20.2. The molecule has 1 fully saturated rings.